The summed E-state index contributed by atoms with van der Waals surface area (Å²) in [4.78, 5) is 0. The van der Waals surface area contributed by atoms with Gasteiger partial charge in [-0.3, -0.25) is 0 Å². The highest BCUT2D eigenvalue weighted by atomic mass is 19.1. The van der Waals surface area contributed by atoms with Gasteiger partial charge in [-0.15, -0.1) is 0 Å². The van der Waals surface area contributed by atoms with Gasteiger partial charge in [0, 0.05) is 12.1 Å². The summed E-state index contributed by atoms with van der Waals surface area (Å²) in [6, 6.07) is 0.755. The monoisotopic (exact) mass is 128 g/mol. The van der Waals surface area contributed by atoms with Gasteiger partial charge in [-0.05, 0) is 25.7 Å². The summed E-state index contributed by atoms with van der Waals surface area (Å²) < 4.78 is 12.8. The van der Waals surface area contributed by atoms with Crippen molar-refractivity contribution in [3.63, 3.8) is 0 Å². The van der Waals surface area contributed by atoms with Gasteiger partial charge in [0.15, 0.2) is 0 Å². The molecule has 2 saturated heterocycles. The Bertz CT molecular complexity index is 115. The fraction of sp³-hybridized carbons (Fsp3) is 0.857. The third-order valence-corrected chi connectivity index (χ3v) is 2.31. The summed E-state index contributed by atoms with van der Waals surface area (Å²) in [5.74, 6) is 0. The van der Waals surface area contributed by atoms with Gasteiger partial charge >= 0.3 is 0 Å². The van der Waals surface area contributed by atoms with E-state index in [-0.39, 0.29) is 6.04 Å². The molecule has 2 fully saturated rings. The fourth-order valence-electron chi connectivity index (χ4n) is 1.75. The van der Waals surface area contributed by atoms with Gasteiger partial charge in [0.25, 0.3) is 0 Å². The Kier molecular flexibility index (Phi) is 1.22. The lowest BCUT2D eigenvalue weighted by Crippen LogP contribution is -2.41. The molecule has 2 rings (SSSR count). The molecule has 1 radical (unpaired) electrons. The smallest absolute Gasteiger partial charge is 0.119 e. The number of rotatable bonds is 0. The minimum absolute atomic E-state index is 0.156. The molecular formula is C7H11FN. The summed E-state index contributed by atoms with van der Waals surface area (Å²) in [6.07, 6.45) is 4.25. The molecule has 2 heterocycles. The van der Waals surface area contributed by atoms with E-state index in [0.717, 1.165) is 12.8 Å². The first-order valence-electron chi connectivity index (χ1n) is 3.60. The molecule has 51 valence electrons. The van der Waals surface area contributed by atoms with Crippen LogP contribution in [0.3, 0.4) is 0 Å². The van der Waals surface area contributed by atoms with Gasteiger partial charge in [-0.2, -0.15) is 0 Å². The number of hydrogen-bond acceptors (Lipinski definition) is 1. The van der Waals surface area contributed by atoms with Crippen molar-refractivity contribution < 1.29 is 4.39 Å². The van der Waals surface area contributed by atoms with E-state index >= 15 is 0 Å². The number of piperidine rings is 1. The molecule has 0 aromatic heterocycles. The summed E-state index contributed by atoms with van der Waals surface area (Å²) in [7, 11) is 0. The van der Waals surface area contributed by atoms with Crippen LogP contribution in [-0.4, -0.2) is 18.3 Å². The average molecular weight is 128 g/mol. The fourth-order valence-corrected chi connectivity index (χ4v) is 1.75. The number of nitrogens with one attached hydrogen (secondary N) is 1. The lowest BCUT2D eigenvalue weighted by atomic mass is 10.0. The van der Waals surface area contributed by atoms with E-state index in [0.29, 0.717) is 6.04 Å². The van der Waals surface area contributed by atoms with E-state index in [2.05, 4.69) is 5.32 Å². The van der Waals surface area contributed by atoms with E-state index in [1.54, 1.807) is 6.42 Å². The zero-order chi connectivity index (χ0) is 6.27. The minimum atomic E-state index is -0.677. The third-order valence-electron chi connectivity index (χ3n) is 2.31. The molecule has 0 spiro atoms. The molecule has 0 saturated carbocycles. The first-order chi connectivity index (χ1) is 4.36. The predicted octanol–water partition coefficient (Wildman–Crippen LogP) is 1.05. The van der Waals surface area contributed by atoms with Gasteiger partial charge in [-0.1, -0.05) is 0 Å². The van der Waals surface area contributed by atoms with E-state index in [1.807, 2.05) is 0 Å². The van der Waals surface area contributed by atoms with Crippen molar-refractivity contribution in [1.29, 1.82) is 0 Å². The molecule has 9 heavy (non-hydrogen) atoms. The molecule has 2 bridgehead atoms. The topological polar surface area (TPSA) is 12.0 Å². The molecule has 2 aliphatic rings. The molecule has 0 amide bonds. The standard InChI is InChI=1S/C7H11FN/c8-6-3-1-5-2-4-7(6)9-5/h3,5-7,9H,1-2,4H2/t5-,6+,7+/m0/s1. The maximum Gasteiger partial charge on any atom is 0.119 e. The summed E-state index contributed by atoms with van der Waals surface area (Å²) in [5, 5.41) is 3.23. The van der Waals surface area contributed by atoms with Crippen LogP contribution < -0.4 is 5.32 Å². The highest BCUT2D eigenvalue weighted by Crippen LogP contribution is 2.27. The first kappa shape index (κ1) is 5.66. The van der Waals surface area contributed by atoms with Crippen molar-refractivity contribution in [1.82, 2.24) is 5.32 Å². The zero-order valence-electron chi connectivity index (χ0n) is 5.31. The molecule has 1 nitrogen and oxygen atoms in total. The van der Waals surface area contributed by atoms with Crippen molar-refractivity contribution >= 4 is 0 Å². The van der Waals surface area contributed by atoms with Gasteiger partial charge in [0.1, 0.15) is 6.17 Å². The SMILES string of the molecule is F[C@@H]1[CH]C[C@H]2CC[C@H]1N2. The van der Waals surface area contributed by atoms with Crippen molar-refractivity contribution in [2.45, 2.75) is 37.5 Å². The van der Waals surface area contributed by atoms with Crippen LogP contribution in [0.1, 0.15) is 19.3 Å². The van der Waals surface area contributed by atoms with E-state index in [4.69, 9.17) is 0 Å². The number of halogens is 1. The van der Waals surface area contributed by atoms with E-state index < -0.39 is 6.17 Å². The Morgan fingerprint density at radius 2 is 2.33 bits per heavy atom. The van der Waals surface area contributed by atoms with Crippen molar-refractivity contribution in [3.8, 4) is 0 Å². The highest BCUT2D eigenvalue weighted by molar-refractivity contribution is 5.01. The van der Waals surface area contributed by atoms with Gasteiger partial charge in [0.05, 0.1) is 0 Å². The Morgan fingerprint density at radius 1 is 1.44 bits per heavy atom. The van der Waals surface area contributed by atoms with Crippen LogP contribution >= 0.6 is 0 Å². The van der Waals surface area contributed by atoms with Gasteiger partial charge in [-0.25, -0.2) is 4.39 Å². The summed E-state index contributed by atoms with van der Waals surface area (Å²) in [6.45, 7) is 0. The molecule has 0 aromatic rings. The van der Waals surface area contributed by atoms with Crippen LogP contribution in [0.5, 0.6) is 0 Å². The zero-order valence-corrected chi connectivity index (χ0v) is 5.31. The maximum absolute atomic E-state index is 12.8. The van der Waals surface area contributed by atoms with Crippen LogP contribution in [0.15, 0.2) is 0 Å². The first-order valence-corrected chi connectivity index (χ1v) is 3.60. The molecule has 0 aliphatic carbocycles. The summed E-state index contributed by atoms with van der Waals surface area (Å²) in [5.41, 5.74) is 0. The van der Waals surface area contributed by atoms with Crippen LogP contribution in [0.2, 0.25) is 0 Å². The number of hydrogen-bond donors (Lipinski definition) is 1. The predicted molar refractivity (Wildman–Crippen MR) is 33.8 cm³/mol. The normalized spacial score (nSPS) is 49.7. The van der Waals surface area contributed by atoms with Crippen molar-refractivity contribution in [2.24, 2.45) is 0 Å². The maximum atomic E-state index is 12.8. The van der Waals surface area contributed by atoms with Crippen LogP contribution in [0.4, 0.5) is 4.39 Å². The number of alkyl halides is 1. The Hall–Kier alpha value is -0.110. The van der Waals surface area contributed by atoms with Crippen molar-refractivity contribution in [2.75, 3.05) is 0 Å². The highest BCUT2D eigenvalue weighted by Gasteiger charge is 2.34. The average Bonchev–Trinajstić information content (AvgIpc) is 2.25. The third kappa shape index (κ3) is 0.855. The van der Waals surface area contributed by atoms with E-state index in [1.165, 1.54) is 6.42 Å². The molecule has 2 heteroatoms. The lowest BCUT2D eigenvalue weighted by molar-refractivity contribution is 0.263. The molecule has 1 N–H and O–H groups in total. The van der Waals surface area contributed by atoms with Crippen molar-refractivity contribution in [3.05, 3.63) is 6.42 Å². The van der Waals surface area contributed by atoms with Crippen LogP contribution in [-0.2, 0) is 0 Å². The quantitative estimate of drug-likeness (QED) is 0.514. The Labute approximate surface area is 54.6 Å². The Morgan fingerprint density at radius 3 is 3.11 bits per heavy atom. The second-order valence-corrected chi connectivity index (χ2v) is 2.96. The molecule has 0 unspecified atom stereocenters. The minimum Gasteiger partial charge on any atom is -0.308 e. The lowest BCUT2D eigenvalue weighted by Gasteiger charge is -2.23. The molecule has 3 atom stereocenters. The second-order valence-electron chi connectivity index (χ2n) is 2.96. The van der Waals surface area contributed by atoms with Gasteiger partial charge in [0.2, 0.25) is 0 Å². The largest absolute Gasteiger partial charge is 0.308 e. The van der Waals surface area contributed by atoms with Gasteiger partial charge < -0.3 is 5.32 Å². The van der Waals surface area contributed by atoms with Crippen LogP contribution in [0, 0.1) is 6.42 Å². The van der Waals surface area contributed by atoms with Crippen LogP contribution in [0.25, 0.3) is 0 Å². The summed E-state index contributed by atoms with van der Waals surface area (Å²) >= 11 is 0. The second kappa shape index (κ2) is 1.94. The molecule has 2 aliphatic heterocycles. The number of fused-ring (bicyclic) bond motifs is 2. The molecule has 0 aromatic carbocycles. The molecular weight excluding hydrogens is 117 g/mol. The van der Waals surface area contributed by atoms with E-state index in [9.17, 15) is 4.39 Å². The Balaban J connectivity index is 2.05.